The van der Waals surface area contributed by atoms with Gasteiger partial charge in [-0.3, -0.25) is 0 Å². The molecule has 4 rings (SSSR count). The fourth-order valence-corrected chi connectivity index (χ4v) is 3.79. The molecule has 0 unspecified atom stereocenters. The minimum absolute atomic E-state index is 0.496. The maximum atomic E-state index is 5.93. The number of ether oxygens (including phenoxy) is 1. The summed E-state index contributed by atoms with van der Waals surface area (Å²) in [5.74, 6) is 1.49. The van der Waals surface area contributed by atoms with Crippen molar-refractivity contribution in [2.24, 2.45) is 0 Å². The van der Waals surface area contributed by atoms with Crippen LogP contribution in [0.5, 0.6) is 5.88 Å². The molecule has 7 heteroatoms. The van der Waals surface area contributed by atoms with E-state index in [1.165, 1.54) is 17.4 Å². The summed E-state index contributed by atoms with van der Waals surface area (Å²) in [7, 11) is 0. The van der Waals surface area contributed by atoms with Crippen LogP contribution in [-0.2, 0) is 6.61 Å². The van der Waals surface area contributed by atoms with Crippen LogP contribution in [0.4, 0.5) is 11.5 Å². The minimum Gasteiger partial charge on any atom is -0.470 e. The number of aromatic nitrogens is 2. The van der Waals surface area contributed by atoms with Gasteiger partial charge in [0.15, 0.2) is 0 Å². The van der Waals surface area contributed by atoms with Gasteiger partial charge in [0.2, 0.25) is 5.82 Å². The molecule has 0 N–H and O–H groups in total. The van der Waals surface area contributed by atoms with Gasteiger partial charge in [0.25, 0.3) is 5.88 Å². The summed E-state index contributed by atoms with van der Waals surface area (Å²) in [5, 5.41) is 0. The van der Waals surface area contributed by atoms with Crippen molar-refractivity contribution >= 4 is 39.2 Å². The number of para-hydroxylation sites is 1. The fraction of sp³-hybridized carbons (Fsp3) is 0.263. The molecule has 0 radical (unpaired) electrons. The monoisotopic (exact) mass is 430 g/mol. The molecular weight excluding hydrogens is 412 g/mol. The minimum atomic E-state index is 0.496. The van der Waals surface area contributed by atoms with Crippen LogP contribution in [0.2, 0.25) is 0 Å². The van der Waals surface area contributed by atoms with Crippen molar-refractivity contribution in [3.63, 3.8) is 0 Å². The Morgan fingerprint density at radius 2 is 1.58 bits per heavy atom. The van der Waals surface area contributed by atoms with Crippen LogP contribution in [-0.4, -0.2) is 34.9 Å². The molecule has 2 heterocycles. The summed E-state index contributed by atoms with van der Waals surface area (Å²) >= 11 is 4.66. The van der Waals surface area contributed by atoms with Crippen LogP contribution in [0, 0.1) is 0 Å². The topological polar surface area (TPSA) is 41.5 Å². The summed E-state index contributed by atoms with van der Waals surface area (Å²) in [6.45, 7) is 4.25. The first-order valence-corrected chi connectivity index (χ1v) is 10.1. The highest BCUT2D eigenvalue weighted by atomic mass is 79.9. The molecule has 5 nitrogen and oxygen atoms in total. The molecule has 1 aliphatic heterocycles. The Balaban J connectivity index is 1.37. The van der Waals surface area contributed by atoms with Crippen molar-refractivity contribution in [1.82, 2.24) is 8.75 Å². The predicted octanol–water partition coefficient (Wildman–Crippen LogP) is 4.21. The number of nitrogens with zero attached hydrogens (tertiary/aromatic N) is 4. The molecule has 1 aliphatic rings. The summed E-state index contributed by atoms with van der Waals surface area (Å²) in [4.78, 5) is 4.67. The first-order chi connectivity index (χ1) is 12.8. The largest absolute Gasteiger partial charge is 0.470 e. The Morgan fingerprint density at radius 3 is 2.31 bits per heavy atom. The van der Waals surface area contributed by atoms with Gasteiger partial charge < -0.3 is 14.5 Å². The first kappa shape index (κ1) is 17.3. The van der Waals surface area contributed by atoms with Crippen LogP contribution in [0.1, 0.15) is 5.56 Å². The first-order valence-electron chi connectivity index (χ1n) is 8.54. The molecule has 0 bridgehead atoms. The van der Waals surface area contributed by atoms with Crippen molar-refractivity contribution < 1.29 is 4.74 Å². The Bertz CT molecular complexity index is 832. The van der Waals surface area contributed by atoms with Crippen molar-refractivity contribution in [2.45, 2.75) is 6.61 Å². The normalized spacial score (nSPS) is 14.5. The Labute approximate surface area is 165 Å². The van der Waals surface area contributed by atoms with Crippen molar-refractivity contribution in [1.29, 1.82) is 0 Å². The standard InChI is InChI=1S/C19H19BrN4OS/c20-16-8-6-15(7-9-16)14-25-19-18(21-26-22-19)24-12-10-23(11-13-24)17-4-2-1-3-5-17/h1-9H,10-14H2. The fourth-order valence-electron chi connectivity index (χ4n) is 3.01. The molecule has 0 atom stereocenters. The van der Waals surface area contributed by atoms with Gasteiger partial charge >= 0.3 is 0 Å². The summed E-state index contributed by atoms with van der Waals surface area (Å²) < 4.78 is 15.8. The summed E-state index contributed by atoms with van der Waals surface area (Å²) in [6, 6.07) is 18.7. The van der Waals surface area contributed by atoms with Gasteiger partial charge in [0.05, 0.1) is 11.7 Å². The molecular formula is C19H19BrN4OS. The average Bonchev–Trinajstić information content (AvgIpc) is 3.17. The van der Waals surface area contributed by atoms with Crippen LogP contribution in [0.15, 0.2) is 59.1 Å². The van der Waals surface area contributed by atoms with E-state index in [1.807, 2.05) is 24.3 Å². The van der Waals surface area contributed by atoms with E-state index in [-0.39, 0.29) is 0 Å². The second-order valence-corrected chi connectivity index (χ2v) is 7.56. The number of hydrogen-bond acceptors (Lipinski definition) is 6. The van der Waals surface area contributed by atoms with Gasteiger partial charge in [0, 0.05) is 36.3 Å². The van der Waals surface area contributed by atoms with E-state index >= 15 is 0 Å². The van der Waals surface area contributed by atoms with Crippen LogP contribution < -0.4 is 14.5 Å². The average molecular weight is 431 g/mol. The predicted molar refractivity (Wildman–Crippen MR) is 109 cm³/mol. The van der Waals surface area contributed by atoms with E-state index in [0.29, 0.717) is 12.5 Å². The highest BCUT2D eigenvalue weighted by Gasteiger charge is 2.23. The lowest BCUT2D eigenvalue weighted by atomic mass is 10.2. The molecule has 2 aromatic carbocycles. The quantitative estimate of drug-likeness (QED) is 0.606. The molecule has 0 saturated carbocycles. The second-order valence-electron chi connectivity index (χ2n) is 6.12. The molecule has 134 valence electrons. The molecule has 1 fully saturated rings. The molecule has 0 spiro atoms. The van der Waals surface area contributed by atoms with Crippen LogP contribution in [0.3, 0.4) is 0 Å². The van der Waals surface area contributed by atoms with Crippen molar-refractivity contribution in [3.05, 3.63) is 64.6 Å². The molecule has 0 amide bonds. The SMILES string of the molecule is Brc1ccc(COc2nsnc2N2CCN(c3ccccc3)CC2)cc1. The molecule has 1 saturated heterocycles. The van der Waals surface area contributed by atoms with E-state index in [2.05, 4.69) is 64.8 Å². The van der Waals surface area contributed by atoms with E-state index in [4.69, 9.17) is 4.74 Å². The van der Waals surface area contributed by atoms with Gasteiger partial charge in [-0.05, 0) is 29.8 Å². The Morgan fingerprint density at radius 1 is 0.885 bits per heavy atom. The van der Waals surface area contributed by atoms with Gasteiger partial charge in [-0.25, -0.2) is 0 Å². The molecule has 3 aromatic rings. The third kappa shape index (κ3) is 3.99. The lowest BCUT2D eigenvalue weighted by molar-refractivity contribution is 0.296. The zero-order valence-electron chi connectivity index (χ0n) is 14.2. The molecule has 0 aliphatic carbocycles. The van der Waals surface area contributed by atoms with Gasteiger partial charge in [-0.2, -0.15) is 4.37 Å². The third-order valence-electron chi connectivity index (χ3n) is 4.43. The van der Waals surface area contributed by atoms with E-state index in [0.717, 1.165) is 42.0 Å². The highest BCUT2D eigenvalue weighted by molar-refractivity contribution is 9.10. The van der Waals surface area contributed by atoms with Gasteiger partial charge in [-0.15, -0.1) is 4.37 Å². The third-order valence-corrected chi connectivity index (χ3v) is 5.46. The number of halogens is 1. The van der Waals surface area contributed by atoms with Gasteiger partial charge in [0.1, 0.15) is 6.61 Å². The number of benzene rings is 2. The van der Waals surface area contributed by atoms with E-state index in [9.17, 15) is 0 Å². The Kier molecular flexibility index (Phi) is 5.36. The van der Waals surface area contributed by atoms with E-state index in [1.54, 1.807) is 0 Å². The number of anilines is 2. The molecule has 1 aromatic heterocycles. The summed E-state index contributed by atoms with van der Waals surface area (Å²) in [5.41, 5.74) is 2.39. The van der Waals surface area contributed by atoms with Crippen LogP contribution in [0.25, 0.3) is 0 Å². The molecule has 26 heavy (non-hydrogen) atoms. The lowest BCUT2D eigenvalue weighted by Gasteiger charge is -2.36. The smallest absolute Gasteiger partial charge is 0.271 e. The highest BCUT2D eigenvalue weighted by Crippen LogP contribution is 2.28. The maximum absolute atomic E-state index is 5.93. The zero-order chi connectivity index (χ0) is 17.8. The van der Waals surface area contributed by atoms with E-state index < -0.39 is 0 Å². The summed E-state index contributed by atoms with van der Waals surface area (Å²) in [6.07, 6.45) is 0. The van der Waals surface area contributed by atoms with Crippen LogP contribution >= 0.6 is 27.7 Å². The zero-order valence-corrected chi connectivity index (χ0v) is 16.6. The lowest BCUT2D eigenvalue weighted by Crippen LogP contribution is -2.46. The van der Waals surface area contributed by atoms with Gasteiger partial charge in [-0.1, -0.05) is 46.3 Å². The number of rotatable bonds is 5. The second kappa shape index (κ2) is 8.05. The van der Waals surface area contributed by atoms with Crippen molar-refractivity contribution in [3.8, 4) is 5.88 Å². The maximum Gasteiger partial charge on any atom is 0.271 e. The number of hydrogen-bond donors (Lipinski definition) is 0. The number of piperazine rings is 1. The van der Waals surface area contributed by atoms with Crippen molar-refractivity contribution in [2.75, 3.05) is 36.0 Å². The Hall–Kier alpha value is -2.12.